The summed E-state index contributed by atoms with van der Waals surface area (Å²) in [6.45, 7) is 0. The fourth-order valence-corrected chi connectivity index (χ4v) is 0.829. The molecule has 1 aromatic rings. The van der Waals surface area contributed by atoms with Crippen molar-refractivity contribution >= 4 is 23.2 Å². The summed E-state index contributed by atoms with van der Waals surface area (Å²) in [7, 11) is 0. The summed E-state index contributed by atoms with van der Waals surface area (Å²) in [5.41, 5.74) is 0.435. The Bertz CT molecular complexity index is 227. The number of rotatable bonds is 2. The van der Waals surface area contributed by atoms with Gasteiger partial charge in [0.15, 0.2) is 0 Å². The molecule has 0 fully saturated rings. The Morgan fingerprint density at radius 3 is 2.64 bits per heavy atom. The highest BCUT2D eigenvalue weighted by Crippen LogP contribution is 2.11. The minimum absolute atomic E-state index is 0.107. The third kappa shape index (κ3) is 2.29. The Balaban J connectivity index is 2.81. The minimum atomic E-state index is -0.763. The van der Waals surface area contributed by atoms with Crippen LogP contribution in [-0.2, 0) is 0 Å². The molecule has 60 valence electrons. The number of aliphatic hydroxyl groups excluding tert-OH is 1. The average molecular weight is 193 g/mol. The largest absolute Gasteiger partial charge is 0.385 e. The monoisotopic (exact) mass is 192 g/mol. The highest BCUT2D eigenvalue weighted by molar-refractivity contribution is 6.29. The number of aromatic nitrogens is 2. The van der Waals surface area contributed by atoms with E-state index < -0.39 is 6.10 Å². The average Bonchev–Trinajstić information content (AvgIpc) is 2.05. The quantitative estimate of drug-likeness (QED) is 0.722. The normalized spacial score (nSPS) is 13.0. The molecule has 1 N–H and O–H groups in total. The molecule has 0 radical (unpaired) electrons. The van der Waals surface area contributed by atoms with Crippen LogP contribution < -0.4 is 0 Å². The van der Waals surface area contributed by atoms with Gasteiger partial charge in [0.1, 0.15) is 11.3 Å². The van der Waals surface area contributed by atoms with Gasteiger partial charge in [-0.05, 0) is 0 Å². The molecule has 0 aromatic carbocycles. The van der Waals surface area contributed by atoms with Gasteiger partial charge in [0.25, 0.3) is 0 Å². The molecule has 1 aromatic heterocycles. The zero-order valence-electron chi connectivity index (χ0n) is 5.54. The molecule has 0 spiro atoms. The zero-order chi connectivity index (χ0) is 8.27. The molecule has 1 rings (SSSR count). The van der Waals surface area contributed by atoms with Crippen LogP contribution in [0.25, 0.3) is 0 Å². The lowest BCUT2D eigenvalue weighted by molar-refractivity contribution is 0.197. The lowest BCUT2D eigenvalue weighted by atomic mass is 10.3. The summed E-state index contributed by atoms with van der Waals surface area (Å²) in [6, 6.07) is 0. The number of alkyl halides is 1. The predicted octanol–water partition coefficient (Wildman–Crippen LogP) is 1.40. The van der Waals surface area contributed by atoms with E-state index in [0.29, 0.717) is 10.8 Å². The van der Waals surface area contributed by atoms with E-state index in [4.69, 9.17) is 28.3 Å². The summed E-state index contributed by atoms with van der Waals surface area (Å²) in [5, 5.41) is 9.44. The third-order valence-electron chi connectivity index (χ3n) is 1.13. The lowest BCUT2D eigenvalue weighted by Crippen LogP contribution is -2.01. The third-order valence-corrected chi connectivity index (χ3v) is 1.62. The number of hydrogen-bond donors (Lipinski definition) is 1. The van der Waals surface area contributed by atoms with Crippen LogP contribution in [0.1, 0.15) is 11.8 Å². The van der Waals surface area contributed by atoms with E-state index in [0.717, 1.165) is 0 Å². The number of nitrogens with zero attached hydrogens (tertiary/aromatic N) is 2. The second kappa shape index (κ2) is 3.85. The van der Waals surface area contributed by atoms with Gasteiger partial charge in [-0.2, -0.15) is 0 Å². The second-order valence-electron chi connectivity index (χ2n) is 1.93. The Labute approximate surface area is 74.0 Å². The van der Waals surface area contributed by atoms with Crippen LogP contribution in [0.2, 0.25) is 5.15 Å². The van der Waals surface area contributed by atoms with Crippen LogP contribution >= 0.6 is 23.2 Å². The highest BCUT2D eigenvalue weighted by atomic mass is 35.5. The van der Waals surface area contributed by atoms with Crippen molar-refractivity contribution in [1.82, 2.24) is 9.97 Å². The molecule has 5 heteroatoms. The number of hydrogen-bond acceptors (Lipinski definition) is 3. The maximum Gasteiger partial charge on any atom is 0.147 e. The molecule has 3 nitrogen and oxygen atoms in total. The lowest BCUT2D eigenvalue weighted by Gasteiger charge is -2.03. The van der Waals surface area contributed by atoms with Crippen molar-refractivity contribution in [3.05, 3.63) is 23.2 Å². The maximum absolute atomic E-state index is 9.14. The van der Waals surface area contributed by atoms with Crippen molar-refractivity contribution in [1.29, 1.82) is 0 Å². The molecular formula is C6H6Cl2N2O. The first kappa shape index (κ1) is 8.71. The first-order valence-electron chi connectivity index (χ1n) is 2.95. The van der Waals surface area contributed by atoms with Crippen LogP contribution in [0, 0.1) is 0 Å². The highest BCUT2D eigenvalue weighted by Gasteiger charge is 2.06. The molecule has 0 aliphatic heterocycles. The number of halogens is 2. The van der Waals surface area contributed by atoms with E-state index in [1.54, 1.807) is 0 Å². The smallest absolute Gasteiger partial charge is 0.147 e. The van der Waals surface area contributed by atoms with Gasteiger partial charge in [0.05, 0.1) is 24.0 Å². The SMILES string of the molecule is O[C@@H](CCl)c1cnc(Cl)cn1. The summed E-state index contributed by atoms with van der Waals surface area (Å²) in [4.78, 5) is 7.55. The van der Waals surface area contributed by atoms with Crippen LogP contribution in [0.5, 0.6) is 0 Å². The van der Waals surface area contributed by atoms with Crippen LogP contribution in [0.15, 0.2) is 12.4 Å². The van der Waals surface area contributed by atoms with Crippen LogP contribution in [-0.4, -0.2) is 21.0 Å². The maximum atomic E-state index is 9.14. The molecule has 1 atom stereocenters. The molecule has 0 aliphatic carbocycles. The van der Waals surface area contributed by atoms with Crippen molar-refractivity contribution in [2.45, 2.75) is 6.10 Å². The fraction of sp³-hybridized carbons (Fsp3) is 0.333. The first-order valence-corrected chi connectivity index (χ1v) is 3.86. The van der Waals surface area contributed by atoms with Gasteiger partial charge >= 0.3 is 0 Å². The van der Waals surface area contributed by atoms with Crippen molar-refractivity contribution in [2.24, 2.45) is 0 Å². The van der Waals surface area contributed by atoms with Gasteiger partial charge in [-0.15, -0.1) is 11.6 Å². The Morgan fingerprint density at radius 1 is 1.45 bits per heavy atom. The molecule has 0 amide bonds. The van der Waals surface area contributed by atoms with E-state index in [9.17, 15) is 0 Å². The Morgan fingerprint density at radius 2 is 2.18 bits per heavy atom. The van der Waals surface area contributed by atoms with E-state index in [1.807, 2.05) is 0 Å². The summed E-state index contributed by atoms with van der Waals surface area (Å²) in [6.07, 6.45) is 2.00. The molecule has 11 heavy (non-hydrogen) atoms. The van der Waals surface area contributed by atoms with Gasteiger partial charge in [0, 0.05) is 0 Å². The molecule has 0 saturated heterocycles. The zero-order valence-corrected chi connectivity index (χ0v) is 7.05. The van der Waals surface area contributed by atoms with Crippen molar-refractivity contribution in [3.8, 4) is 0 Å². The molecule has 0 aliphatic rings. The molecule has 0 bridgehead atoms. The molecule has 1 heterocycles. The van der Waals surface area contributed by atoms with Gasteiger partial charge in [-0.3, -0.25) is 4.98 Å². The van der Waals surface area contributed by atoms with E-state index in [1.165, 1.54) is 12.4 Å². The van der Waals surface area contributed by atoms with E-state index in [2.05, 4.69) is 9.97 Å². The molecule has 0 unspecified atom stereocenters. The van der Waals surface area contributed by atoms with Gasteiger partial charge < -0.3 is 5.11 Å². The van der Waals surface area contributed by atoms with Gasteiger partial charge in [-0.1, -0.05) is 11.6 Å². The van der Waals surface area contributed by atoms with E-state index in [-0.39, 0.29) is 5.88 Å². The summed E-state index contributed by atoms with van der Waals surface area (Å²) >= 11 is 10.8. The van der Waals surface area contributed by atoms with Crippen LogP contribution in [0.4, 0.5) is 0 Å². The predicted molar refractivity (Wildman–Crippen MR) is 42.7 cm³/mol. The van der Waals surface area contributed by atoms with Crippen molar-refractivity contribution in [3.63, 3.8) is 0 Å². The van der Waals surface area contributed by atoms with Crippen molar-refractivity contribution in [2.75, 3.05) is 5.88 Å². The fourth-order valence-electron chi connectivity index (χ4n) is 0.573. The van der Waals surface area contributed by atoms with Gasteiger partial charge in [-0.25, -0.2) is 4.98 Å². The minimum Gasteiger partial charge on any atom is -0.385 e. The Kier molecular flexibility index (Phi) is 3.05. The molecular weight excluding hydrogens is 187 g/mol. The van der Waals surface area contributed by atoms with Crippen molar-refractivity contribution < 1.29 is 5.11 Å². The van der Waals surface area contributed by atoms with E-state index >= 15 is 0 Å². The molecule has 0 saturated carbocycles. The number of aliphatic hydroxyl groups is 1. The van der Waals surface area contributed by atoms with Crippen LogP contribution in [0.3, 0.4) is 0 Å². The topological polar surface area (TPSA) is 46.0 Å². The summed E-state index contributed by atoms with van der Waals surface area (Å²) in [5.74, 6) is 0.107. The summed E-state index contributed by atoms with van der Waals surface area (Å²) < 4.78 is 0. The second-order valence-corrected chi connectivity index (χ2v) is 2.63. The standard InChI is InChI=1S/C6H6Cl2N2O/c7-1-5(11)4-2-10-6(8)3-9-4/h2-3,5,11H,1H2/t5-/m0/s1. The first-order chi connectivity index (χ1) is 5.24. The van der Waals surface area contributed by atoms with Gasteiger partial charge in [0.2, 0.25) is 0 Å². The Hall–Kier alpha value is -0.380.